The number of rotatable bonds is 1. The Morgan fingerprint density at radius 1 is 1.71 bits per heavy atom. The van der Waals surface area contributed by atoms with E-state index in [1.165, 1.54) is 0 Å². The number of nitrogens with one attached hydrogen (secondary N) is 1. The van der Waals surface area contributed by atoms with Gasteiger partial charge >= 0.3 is 0 Å². The molecular weight excluding hydrogens is 182 g/mol. The molecule has 1 atom stereocenters. The summed E-state index contributed by atoms with van der Waals surface area (Å²) in [4.78, 5) is 17.4. The number of nitrogen functional groups attached to an aromatic ring is 1. The first-order chi connectivity index (χ1) is 6.68. The summed E-state index contributed by atoms with van der Waals surface area (Å²) >= 11 is 0. The molecule has 1 aliphatic rings. The van der Waals surface area contributed by atoms with E-state index in [-0.39, 0.29) is 23.7 Å². The summed E-state index contributed by atoms with van der Waals surface area (Å²) in [6.45, 7) is 2.82. The standard InChI is InChI=1S/C8H13N5O/c1-5-3-2-4-13(5)7(14)6-10-8(9)12-11-6/h5H,2-4H2,1H3,(H3,9,10,11,12). The molecule has 0 radical (unpaired) electrons. The number of anilines is 1. The Bertz CT molecular complexity index is 347. The van der Waals surface area contributed by atoms with E-state index in [2.05, 4.69) is 15.2 Å². The number of carbonyl (C=O) groups is 1. The number of nitrogens with zero attached hydrogens (tertiary/aromatic N) is 3. The molecule has 1 aromatic rings. The summed E-state index contributed by atoms with van der Waals surface area (Å²) in [5, 5.41) is 6.15. The van der Waals surface area contributed by atoms with Gasteiger partial charge in [-0.2, -0.15) is 4.98 Å². The molecule has 0 bridgehead atoms. The van der Waals surface area contributed by atoms with Gasteiger partial charge in [0.1, 0.15) is 0 Å². The van der Waals surface area contributed by atoms with Crippen molar-refractivity contribution in [2.75, 3.05) is 12.3 Å². The summed E-state index contributed by atoms with van der Waals surface area (Å²) in [5.41, 5.74) is 5.33. The SMILES string of the molecule is CC1CCCN1C(=O)c1nc(N)n[nH]1. The molecular formula is C8H13N5O. The van der Waals surface area contributed by atoms with Crippen molar-refractivity contribution in [3.8, 4) is 0 Å². The lowest BCUT2D eigenvalue weighted by Crippen LogP contribution is -2.34. The molecule has 1 saturated heterocycles. The zero-order valence-corrected chi connectivity index (χ0v) is 8.03. The molecule has 2 heterocycles. The maximum absolute atomic E-state index is 11.8. The number of amides is 1. The fourth-order valence-electron chi connectivity index (χ4n) is 1.74. The van der Waals surface area contributed by atoms with Crippen LogP contribution in [0.2, 0.25) is 0 Å². The van der Waals surface area contributed by atoms with Crippen molar-refractivity contribution in [1.29, 1.82) is 0 Å². The maximum atomic E-state index is 11.8. The first-order valence-corrected chi connectivity index (χ1v) is 4.67. The van der Waals surface area contributed by atoms with Crippen LogP contribution in [0.3, 0.4) is 0 Å². The van der Waals surface area contributed by atoms with Gasteiger partial charge < -0.3 is 10.6 Å². The van der Waals surface area contributed by atoms with Gasteiger partial charge in [-0.05, 0) is 19.8 Å². The number of H-pyrrole nitrogens is 1. The molecule has 0 saturated carbocycles. The predicted molar refractivity (Wildman–Crippen MR) is 50.5 cm³/mol. The molecule has 6 heteroatoms. The smallest absolute Gasteiger partial charge is 0.291 e. The summed E-state index contributed by atoms with van der Waals surface area (Å²) in [5.74, 6) is 0.232. The monoisotopic (exact) mass is 195 g/mol. The lowest BCUT2D eigenvalue weighted by atomic mass is 10.2. The van der Waals surface area contributed by atoms with E-state index >= 15 is 0 Å². The van der Waals surface area contributed by atoms with E-state index in [1.54, 1.807) is 4.90 Å². The number of carbonyl (C=O) groups excluding carboxylic acids is 1. The highest BCUT2D eigenvalue weighted by Crippen LogP contribution is 2.18. The van der Waals surface area contributed by atoms with Gasteiger partial charge in [0.25, 0.3) is 5.91 Å². The number of hydrogen-bond donors (Lipinski definition) is 2. The minimum absolute atomic E-state index is 0.111. The number of nitrogens with two attached hydrogens (primary N) is 1. The third-order valence-electron chi connectivity index (χ3n) is 2.52. The lowest BCUT2D eigenvalue weighted by molar-refractivity contribution is 0.0735. The molecule has 1 unspecified atom stereocenters. The van der Waals surface area contributed by atoms with Crippen molar-refractivity contribution in [3.63, 3.8) is 0 Å². The quantitative estimate of drug-likeness (QED) is 0.660. The molecule has 2 rings (SSSR count). The minimum atomic E-state index is -0.112. The zero-order chi connectivity index (χ0) is 10.1. The van der Waals surface area contributed by atoms with Crippen molar-refractivity contribution in [3.05, 3.63) is 5.82 Å². The second kappa shape index (κ2) is 3.28. The first kappa shape index (κ1) is 8.98. The number of aromatic nitrogens is 3. The second-order valence-electron chi connectivity index (χ2n) is 3.53. The molecule has 1 aliphatic heterocycles. The summed E-state index contributed by atoms with van der Waals surface area (Å²) in [6.07, 6.45) is 2.10. The van der Waals surface area contributed by atoms with Crippen molar-refractivity contribution in [2.45, 2.75) is 25.8 Å². The summed E-state index contributed by atoms with van der Waals surface area (Å²) in [7, 11) is 0. The number of aromatic amines is 1. The molecule has 1 amide bonds. The fourth-order valence-corrected chi connectivity index (χ4v) is 1.74. The van der Waals surface area contributed by atoms with Crippen LogP contribution in [0.15, 0.2) is 0 Å². The predicted octanol–water partition coefficient (Wildman–Crippen LogP) is 0.0114. The average molecular weight is 195 g/mol. The number of hydrogen-bond acceptors (Lipinski definition) is 4. The van der Waals surface area contributed by atoms with Crippen molar-refractivity contribution >= 4 is 11.9 Å². The fraction of sp³-hybridized carbons (Fsp3) is 0.625. The summed E-state index contributed by atoms with van der Waals surface area (Å²) in [6, 6.07) is 0.286. The van der Waals surface area contributed by atoms with Crippen molar-refractivity contribution < 1.29 is 4.79 Å². The molecule has 14 heavy (non-hydrogen) atoms. The van der Waals surface area contributed by atoms with E-state index in [4.69, 9.17) is 5.73 Å². The van der Waals surface area contributed by atoms with E-state index in [0.717, 1.165) is 19.4 Å². The molecule has 3 N–H and O–H groups in total. The average Bonchev–Trinajstić information content (AvgIpc) is 2.73. The van der Waals surface area contributed by atoms with Gasteiger partial charge in [-0.25, -0.2) is 0 Å². The van der Waals surface area contributed by atoms with Crippen LogP contribution in [0, 0.1) is 0 Å². The summed E-state index contributed by atoms with van der Waals surface area (Å²) < 4.78 is 0. The zero-order valence-electron chi connectivity index (χ0n) is 8.03. The Kier molecular flexibility index (Phi) is 2.11. The molecule has 0 aromatic carbocycles. The Labute approximate surface area is 81.5 Å². The van der Waals surface area contributed by atoms with Crippen LogP contribution in [0.4, 0.5) is 5.95 Å². The molecule has 1 fully saturated rings. The Morgan fingerprint density at radius 3 is 3.00 bits per heavy atom. The first-order valence-electron chi connectivity index (χ1n) is 4.67. The maximum Gasteiger partial charge on any atom is 0.291 e. The molecule has 6 nitrogen and oxygen atoms in total. The third kappa shape index (κ3) is 1.43. The highest BCUT2D eigenvalue weighted by atomic mass is 16.2. The third-order valence-corrected chi connectivity index (χ3v) is 2.52. The van der Waals surface area contributed by atoms with Crippen LogP contribution in [-0.2, 0) is 0 Å². The number of likely N-dealkylation sites (tertiary alicyclic amines) is 1. The van der Waals surface area contributed by atoms with Crippen LogP contribution in [0.5, 0.6) is 0 Å². The van der Waals surface area contributed by atoms with Crippen molar-refractivity contribution in [1.82, 2.24) is 20.1 Å². The molecule has 0 aliphatic carbocycles. The van der Waals surface area contributed by atoms with Gasteiger partial charge in [0.2, 0.25) is 11.8 Å². The lowest BCUT2D eigenvalue weighted by Gasteiger charge is -2.19. The van der Waals surface area contributed by atoms with Crippen LogP contribution in [0.1, 0.15) is 30.4 Å². The Hall–Kier alpha value is -1.59. The van der Waals surface area contributed by atoms with Gasteiger partial charge in [-0.3, -0.25) is 9.89 Å². The molecule has 0 spiro atoms. The largest absolute Gasteiger partial charge is 0.366 e. The molecule has 1 aromatic heterocycles. The van der Waals surface area contributed by atoms with Gasteiger partial charge in [-0.1, -0.05) is 0 Å². The van der Waals surface area contributed by atoms with Crippen molar-refractivity contribution in [2.24, 2.45) is 0 Å². The van der Waals surface area contributed by atoms with Gasteiger partial charge in [0.15, 0.2) is 0 Å². The Balaban J connectivity index is 2.15. The van der Waals surface area contributed by atoms with Crippen LogP contribution in [0.25, 0.3) is 0 Å². The molecule has 76 valence electrons. The van der Waals surface area contributed by atoms with Gasteiger partial charge in [0, 0.05) is 12.6 Å². The topological polar surface area (TPSA) is 87.9 Å². The van der Waals surface area contributed by atoms with Gasteiger partial charge in [0.05, 0.1) is 0 Å². The Morgan fingerprint density at radius 2 is 2.50 bits per heavy atom. The van der Waals surface area contributed by atoms with E-state index < -0.39 is 0 Å². The minimum Gasteiger partial charge on any atom is -0.366 e. The van der Waals surface area contributed by atoms with Crippen LogP contribution in [-0.4, -0.2) is 38.6 Å². The normalized spacial score (nSPS) is 21.5. The van der Waals surface area contributed by atoms with E-state index in [1.807, 2.05) is 6.92 Å². The van der Waals surface area contributed by atoms with Gasteiger partial charge in [-0.15, -0.1) is 5.10 Å². The van der Waals surface area contributed by atoms with Crippen LogP contribution >= 0.6 is 0 Å². The second-order valence-corrected chi connectivity index (χ2v) is 3.53. The highest BCUT2D eigenvalue weighted by Gasteiger charge is 2.27. The van der Waals surface area contributed by atoms with Crippen LogP contribution < -0.4 is 5.73 Å². The van der Waals surface area contributed by atoms with E-state index in [0.29, 0.717) is 0 Å². The van der Waals surface area contributed by atoms with E-state index in [9.17, 15) is 4.79 Å². The highest BCUT2D eigenvalue weighted by molar-refractivity contribution is 5.91.